The molecule has 3 heterocycles. The number of nitrogens with one attached hydrogen (secondary N) is 10. The third-order valence-electron chi connectivity index (χ3n) is 12.2. The van der Waals surface area contributed by atoms with Gasteiger partial charge in [0.2, 0.25) is 53.2 Å². The number of aromatic amines is 2. The fraction of sp³-hybridized carbons (Fsp3) is 0.449. The van der Waals surface area contributed by atoms with Gasteiger partial charge in [-0.2, -0.15) is 0 Å². The van der Waals surface area contributed by atoms with Gasteiger partial charge in [-0.15, -0.1) is 0 Å². The fourth-order valence-corrected chi connectivity index (χ4v) is 8.30. The van der Waals surface area contributed by atoms with E-state index in [1.54, 1.807) is 36.5 Å². The second-order valence-electron chi connectivity index (χ2n) is 18.0. The fourth-order valence-electron chi connectivity index (χ4n) is 8.30. The summed E-state index contributed by atoms with van der Waals surface area (Å²) in [5.41, 5.74) is 19.4. The summed E-state index contributed by atoms with van der Waals surface area (Å²) in [5.74, 6) is -7.43. The number of aliphatic imine (C=N–C) groups is 1. The Morgan fingerprint density at radius 2 is 1.45 bits per heavy atom. The van der Waals surface area contributed by atoms with Gasteiger partial charge in [0.15, 0.2) is 5.96 Å². The first-order valence-electron chi connectivity index (χ1n) is 24.2. The minimum absolute atomic E-state index is 0.0414. The Bertz CT molecular complexity index is 2580. The summed E-state index contributed by atoms with van der Waals surface area (Å²) in [6.45, 7) is 4.61. The lowest BCUT2D eigenvalue weighted by molar-refractivity contribution is -0.136. The lowest BCUT2D eigenvalue weighted by Crippen LogP contribution is -2.63. The molecule has 4 aromatic rings. The summed E-state index contributed by atoms with van der Waals surface area (Å²) in [6.07, 6.45) is 4.89. The number of hydrogen-bond acceptors (Lipinski definition) is 11. The Labute approximate surface area is 421 Å². The van der Waals surface area contributed by atoms with Crippen LogP contribution in [0.15, 0.2) is 78.3 Å². The van der Waals surface area contributed by atoms with Crippen molar-refractivity contribution in [1.82, 2.24) is 57.5 Å². The molecule has 1 fully saturated rings. The summed E-state index contributed by atoms with van der Waals surface area (Å²) >= 11 is 0. The molecule has 0 aliphatic carbocycles. The maximum atomic E-state index is 14.6. The second-order valence-corrected chi connectivity index (χ2v) is 18.0. The molecule has 0 spiro atoms. The Morgan fingerprint density at radius 1 is 0.781 bits per heavy atom. The first-order valence-corrected chi connectivity index (χ1v) is 24.2. The number of fused-ring (bicyclic) bond motifs is 1. The zero-order valence-electron chi connectivity index (χ0n) is 41.1. The van der Waals surface area contributed by atoms with Crippen molar-refractivity contribution in [3.8, 4) is 0 Å². The van der Waals surface area contributed by atoms with Gasteiger partial charge in [-0.25, -0.2) is 4.98 Å². The van der Waals surface area contributed by atoms with Crippen LogP contribution in [0.1, 0.15) is 82.5 Å². The lowest BCUT2D eigenvalue weighted by Gasteiger charge is -2.30. The van der Waals surface area contributed by atoms with E-state index >= 15 is 0 Å². The van der Waals surface area contributed by atoms with Crippen molar-refractivity contribution in [2.24, 2.45) is 22.2 Å². The molecule has 1 aliphatic heterocycles. The smallest absolute Gasteiger partial charge is 0.245 e. The molecule has 2 aromatic heterocycles. The zero-order chi connectivity index (χ0) is 53.0. The molecule has 8 atom stereocenters. The van der Waals surface area contributed by atoms with E-state index in [9.17, 15) is 43.2 Å². The Balaban J connectivity index is 1.55. The molecule has 5 rings (SSSR count). The van der Waals surface area contributed by atoms with E-state index in [0.29, 0.717) is 29.7 Å². The SMILES string of the molecule is CCCC[C@H](NC(C)=O)C(=O)N[C@H]1CCC(=O)NC(C)[C@@H](C(=O)N[C@@H](Cc2c[nH]c3ccccc23)C(N)=O)NC(=O)[C@H](CCCN=C(N)N)NC(=O)[C@H](Cc2ccccc2)NC(=O)[C@H](Cc2cnc[nH]2)NC1=O. The highest BCUT2D eigenvalue weighted by Crippen LogP contribution is 2.19. The highest BCUT2D eigenvalue weighted by Gasteiger charge is 2.37. The number of guanidine groups is 1. The molecular formula is C49H67N15O9. The highest BCUT2D eigenvalue weighted by molar-refractivity contribution is 5.98. The van der Waals surface area contributed by atoms with Crippen LogP contribution in [0.4, 0.5) is 0 Å². The van der Waals surface area contributed by atoms with Gasteiger partial charge in [-0.3, -0.25) is 48.1 Å². The van der Waals surface area contributed by atoms with Crippen LogP contribution >= 0.6 is 0 Å². The number of primary amides is 1. The molecule has 392 valence electrons. The van der Waals surface area contributed by atoms with E-state index in [0.717, 1.165) is 10.9 Å². The second kappa shape index (κ2) is 27.3. The minimum Gasteiger partial charge on any atom is -0.370 e. The molecule has 0 radical (unpaired) electrons. The number of carbonyl (C=O) groups excluding carboxylic acids is 9. The quantitative estimate of drug-likeness (QED) is 0.0286. The first-order chi connectivity index (χ1) is 34.9. The van der Waals surface area contributed by atoms with Crippen LogP contribution in [0.2, 0.25) is 0 Å². The summed E-state index contributed by atoms with van der Waals surface area (Å²) < 4.78 is 0. The summed E-state index contributed by atoms with van der Waals surface area (Å²) in [7, 11) is 0. The Hall–Kier alpha value is -8.31. The van der Waals surface area contributed by atoms with Crippen LogP contribution in [0.25, 0.3) is 10.9 Å². The molecule has 9 amide bonds. The van der Waals surface area contributed by atoms with E-state index in [1.807, 2.05) is 31.2 Å². The highest BCUT2D eigenvalue weighted by atomic mass is 16.2. The van der Waals surface area contributed by atoms with E-state index in [2.05, 4.69) is 62.5 Å². The number of amides is 9. The Morgan fingerprint density at radius 3 is 2.12 bits per heavy atom. The van der Waals surface area contributed by atoms with Crippen LogP contribution in [-0.2, 0) is 62.4 Å². The number of rotatable bonds is 19. The average molecular weight is 1010 g/mol. The summed E-state index contributed by atoms with van der Waals surface area (Å²) in [5, 5.41) is 22.2. The van der Waals surface area contributed by atoms with Gasteiger partial charge in [-0.05, 0) is 49.8 Å². The van der Waals surface area contributed by atoms with Crippen LogP contribution in [0, 0.1) is 0 Å². The van der Waals surface area contributed by atoms with Gasteiger partial charge < -0.3 is 69.7 Å². The van der Waals surface area contributed by atoms with Crippen LogP contribution < -0.4 is 59.7 Å². The maximum absolute atomic E-state index is 14.6. The van der Waals surface area contributed by atoms with Crippen molar-refractivity contribution in [1.29, 1.82) is 0 Å². The zero-order valence-corrected chi connectivity index (χ0v) is 41.1. The number of nitrogens with zero attached hydrogens (tertiary/aromatic N) is 2. The molecule has 2 aromatic carbocycles. The number of para-hydroxylation sites is 1. The molecule has 24 heteroatoms. The third kappa shape index (κ3) is 17.2. The topological polar surface area (TPSA) is 385 Å². The number of imidazole rings is 1. The van der Waals surface area contributed by atoms with Crippen molar-refractivity contribution in [2.45, 2.75) is 133 Å². The predicted molar refractivity (Wildman–Crippen MR) is 269 cm³/mol. The molecule has 1 aliphatic rings. The Kier molecular flexibility index (Phi) is 20.8. The van der Waals surface area contributed by atoms with Crippen LogP contribution in [0.3, 0.4) is 0 Å². The van der Waals surface area contributed by atoms with E-state index in [4.69, 9.17) is 17.2 Å². The number of aromatic nitrogens is 3. The lowest BCUT2D eigenvalue weighted by atomic mass is 10.0. The molecular weight excluding hydrogens is 943 g/mol. The maximum Gasteiger partial charge on any atom is 0.245 e. The number of H-pyrrole nitrogens is 2. The summed E-state index contributed by atoms with van der Waals surface area (Å²) in [4.78, 5) is 139. The number of carbonyl (C=O) groups is 9. The van der Waals surface area contributed by atoms with E-state index in [1.165, 1.54) is 26.4 Å². The molecule has 24 nitrogen and oxygen atoms in total. The van der Waals surface area contributed by atoms with Crippen molar-refractivity contribution in [2.75, 3.05) is 6.54 Å². The average Bonchev–Trinajstić information content (AvgIpc) is 4.03. The van der Waals surface area contributed by atoms with Gasteiger partial charge in [0, 0.05) is 68.1 Å². The monoisotopic (exact) mass is 1010 g/mol. The number of unbranched alkanes of at least 4 members (excludes halogenated alkanes) is 1. The van der Waals surface area contributed by atoms with Gasteiger partial charge in [-0.1, -0.05) is 68.3 Å². The van der Waals surface area contributed by atoms with Crippen molar-refractivity contribution >= 4 is 70.0 Å². The molecule has 1 unspecified atom stereocenters. The van der Waals surface area contributed by atoms with Crippen molar-refractivity contribution in [3.63, 3.8) is 0 Å². The molecule has 0 saturated carbocycles. The largest absolute Gasteiger partial charge is 0.370 e. The van der Waals surface area contributed by atoms with Gasteiger partial charge in [0.1, 0.15) is 42.3 Å². The standard InChI is InChI=1S/C49H67N15O9/c1-4-5-15-34(58-28(3)65)43(68)60-36-18-19-40(66)57-27(2)41(48(73)61-37(42(50)67)22-30-24-55-33-16-10-9-14-32(30)33)64-45(70)35(17-11-20-54-49(51)52)59-46(71)38(21-29-12-7-6-8-13-29)62-47(72)39(63-44(36)69)23-31-25-53-26-56-31/h6-10,12-14,16,24-27,34-39,41,55H,4-5,11,15,17-23H2,1-3H3,(H2,50,67)(H,53,56)(H,57,66)(H,58,65)(H,59,71)(H,60,68)(H,61,73)(H,62,72)(H,63,69)(H,64,70)(H4,51,52,54)/t27?,34-,35-,36-,37-,38-,39-,41-/m0/s1. The van der Waals surface area contributed by atoms with Gasteiger partial charge >= 0.3 is 0 Å². The normalized spacial score (nSPS) is 21.1. The van der Waals surface area contributed by atoms with Crippen molar-refractivity contribution < 1.29 is 43.2 Å². The van der Waals surface area contributed by atoms with Gasteiger partial charge in [0.25, 0.3) is 0 Å². The van der Waals surface area contributed by atoms with Gasteiger partial charge in [0.05, 0.1) is 12.4 Å². The first kappa shape index (κ1) is 55.6. The minimum atomic E-state index is -1.63. The number of hydrogen-bond donors (Lipinski definition) is 13. The molecule has 1 saturated heterocycles. The van der Waals surface area contributed by atoms with Crippen LogP contribution in [0.5, 0.6) is 0 Å². The predicted octanol–water partition coefficient (Wildman–Crippen LogP) is -1.64. The van der Waals surface area contributed by atoms with E-state index < -0.39 is 108 Å². The molecule has 0 bridgehead atoms. The number of nitrogens with two attached hydrogens (primary N) is 3. The van der Waals surface area contributed by atoms with Crippen molar-refractivity contribution in [3.05, 3.63) is 90.1 Å². The van der Waals surface area contributed by atoms with E-state index in [-0.39, 0.29) is 57.5 Å². The number of benzene rings is 2. The molecule has 16 N–H and O–H groups in total. The van der Waals surface area contributed by atoms with Crippen LogP contribution in [-0.4, -0.2) is 129 Å². The summed E-state index contributed by atoms with van der Waals surface area (Å²) in [6, 6.07) is 5.09. The third-order valence-corrected chi connectivity index (χ3v) is 12.2. The molecule has 73 heavy (non-hydrogen) atoms.